The number of likely N-dealkylation sites (tertiary alicyclic amines) is 1. The molecule has 0 spiro atoms. The van der Waals surface area contributed by atoms with Gasteiger partial charge in [0.2, 0.25) is 5.88 Å². The van der Waals surface area contributed by atoms with Crippen molar-refractivity contribution in [1.82, 2.24) is 9.88 Å². The fourth-order valence-electron chi connectivity index (χ4n) is 4.96. The Hall–Kier alpha value is -2.70. The Balaban J connectivity index is 1.28. The number of pyridine rings is 1. The van der Waals surface area contributed by atoms with Crippen LogP contribution in [0.4, 0.5) is 0 Å². The molecule has 1 fully saturated rings. The molecule has 2 N–H and O–H groups in total. The van der Waals surface area contributed by atoms with Crippen molar-refractivity contribution < 1.29 is 14.9 Å². The van der Waals surface area contributed by atoms with Crippen molar-refractivity contribution in [3.63, 3.8) is 0 Å². The van der Waals surface area contributed by atoms with E-state index in [9.17, 15) is 10.2 Å². The highest BCUT2D eigenvalue weighted by Gasteiger charge is 2.33. The van der Waals surface area contributed by atoms with Crippen LogP contribution in [0.15, 0.2) is 66.9 Å². The number of piperidine rings is 1. The standard InChI is InChI=1S/C28H29ClN2O3/c29-23-10-8-22(9-11-23)28(33)12-16-31(17-13-28)15-3-5-20-18-25-21(19-32)4-1-7-26(25)34-27-24(20)6-2-14-30-27/h1-2,4-11,14,32-33H,3,12-13,15-19H2/b20-5-. The summed E-state index contributed by atoms with van der Waals surface area (Å²) in [5, 5.41) is 21.7. The van der Waals surface area contributed by atoms with Gasteiger partial charge in [0, 0.05) is 48.4 Å². The Morgan fingerprint density at radius 1 is 1.06 bits per heavy atom. The Morgan fingerprint density at radius 3 is 2.62 bits per heavy atom. The smallest absolute Gasteiger partial charge is 0.226 e. The SMILES string of the molecule is OCc1cccc2c1C/C(=C/CCN1CCC(O)(c3ccc(Cl)cc3)CC1)c1cccnc1O2. The molecule has 3 aromatic rings. The van der Waals surface area contributed by atoms with E-state index in [1.165, 1.54) is 0 Å². The lowest BCUT2D eigenvalue weighted by atomic mass is 9.84. The third kappa shape index (κ3) is 4.75. The first kappa shape index (κ1) is 23.1. The number of aromatic nitrogens is 1. The lowest BCUT2D eigenvalue weighted by molar-refractivity contribution is -0.0254. The molecule has 0 bridgehead atoms. The monoisotopic (exact) mass is 476 g/mol. The van der Waals surface area contributed by atoms with Crippen LogP contribution in [0.5, 0.6) is 11.6 Å². The summed E-state index contributed by atoms with van der Waals surface area (Å²) in [5.41, 5.74) is 4.22. The maximum Gasteiger partial charge on any atom is 0.226 e. The molecular formula is C28H29ClN2O3. The van der Waals surface area contributed by atoms with Crippen molar-refractivity contribution in [3.8, 4) is 11.6 Å². The molecule has 34 heavy (non-hydrogen) atoms. The second kappa shape index (κ2) is 9.88. The third-order valence-corrected chi connectivity index (χ3v) is 7.24. The van der Waals surface area contributed by atoms with Crippen LogP contribution in [0, 0.1) is 0 Å². The minimum absolute atomic E-state index is 0.0199. The number of rotatable bonds is 5. The highest BCUT2D eigenvalue weighted by atomic mass is 35.5. The quantitative estimate of drug-likeness (QED) is 0.520. The fourth-order valence-corrected chi connectivity index (χ4v) is 5.09. The first-order chi connectivity index (χ1) is 16.6. The van der Waals surface area contributed by atoms with Gasteiger partial charge in [-0.2, -0.15) is 0 Å². The average molecular weight is 477 g/mol. The molecule has 1 saturated heterocycles. The Labute approximate surface area is 205 Å². The van der Waals surface area contributed by atoms with E-state index in [1.807, 2.05) is 54.6 Å². The van der Waals surface area contributed by atoms with E-state index in [4.69, 9.17) is 16.3 Å². The summed E-state index contributed by atoms with van der Waals surface area (Å²) in [6.45, 7) is 2.60. The summed E-state index contributed by atoms with van der Waals surface area (Å²) >= 11 is 6.01. The number of hydrogen-bond donors (Lipinski definition) is 2. The Bertz CT molecular complexity index is 1180. The third-order valence-electron chi connectivity index (χ3n) is 6.99. The molecule has 2 aromatic carbocycles. The predicted octanol–water partition coefficient (Wildman–Crippen LogP) is 5.33. The van der Waals surface area contributed by atoms with Crippen LogP contribution in [0.3, 0.4) is 0 Å². The van der Waals surface area contributed by atoms with Crippen LogP contribution >= 0.6 is 11.6 Å². The Morgan fingerprint density at radius 2 is 1.85 bits per heavy atom. The number of allylic oxidation sites excluding steroid dienone is 1. The van der Waals surface area contributed by atoms with Gasteiger partial charge in [0.05, 0.1) is 12.2 Å². The lowest BCUT2D eigenvalue weighted by Gasteiger charge is -2.38. The van der Waals surface area contributed by atoms with Gasteiger partial charge in [-0.25, -0.2) is 4.98 Å². The molecule has 2 aliphatic heterocycles. The van der Waals surface area contributed by atoms with Gasteiger partial charge < -0.3 is 19.8 Å². The molecule has 0 amide bonds. The maximum atomic E-state index is 11.1. The van der Waals surface area contributed by atoms with Crippen LogP contribution in [0.25, 0.3) is 5.57 Å². The van der Waals surface area contributed by atoms with E-state index >= 15 is 0 Å². The van der Waals surface area contributed by atoms with Crippen molar-refractivity contribution in [3.05, 3.63) is 94.1 Å². The van der Waals surface area contributed by atoms with Crippen molar-refractivity contribution in [2.24, 2.45) is 0 Å². The molecule has 0 saturated carbocycles. The molecule has 0 radical (unpaired) electrons. The first-order valence-corrected chi connectivity index (χ1v) is 12.2. The fraction of sp³-hybridized carbons (Fsp3) is 0.321. The van der Waals surface area contributed by atoms with Crippen LogP contribution in [-0.2, 0) is 18.6 Å². The van der Waals surface area contributed by atoms with Gasteiger partial charge in [-0.15, -0.1) is 0 Å². The zero-order chi connectivity index (χ0) is 23.5. The van der Waals surface area contributed by atoms with E-state index in [0.29, 0.717) is 30.2 Å². The van der Waals surface area contributed by atoms with E-state index in [2.05, 4.69) is 16.0 Å². The number of fused-ring (bicyclic) bond motifs is 2. The van der Waals surface area contributed by atoms with Crippen LogP contribution in [0.2, 0.25) is 5.02 Å². The number of halogens is 1. The maximum absolute atomic E-state index is 11.1. The van der Waals surface area contributed by atoms with E-state index in [1.54, 1.807) is 6.20 Å². The number of aliphatic hydroxyl groups is 2. The topological polar surface area (TPSA) is 65.8 Å². The molecule has 176 valence electrons. The second-order valence-electron chi connectivity index (χ2n) is 9.09. The molecule has 0 unspecified atom stereocenters. The van der Waals surface area contributed by atoms with Gasteiger partial charge in [-0.1, -0.05) is 41.9 Å². The summed E-state index contributed by atoms with van der Waals surface area (Å²) in [6, 6.07) is 17.3. The minimum atomic E-state index is -0.785. The van der Waals surface area contributed by atoms with Crippen LogP contribution < -0.4 is 4.74 Å². The number of benzene rings is 2. The molecule has 0 atom stereocenters. The van der Waals surface area contributed by atoms with E-state index in [-0.39, 0.29) is 6.61 Å². The minimum Gasteiger partial charge on any atom is -0.438 e. The summed E-state index contributed by atoms with van der Waals surface area (Å²) in [6.07, 6.45) is 7.01. The lowest BCUT2D eigenvalue weighted by Crippen LogP contribution is -2.42. The van der Waals surface area contributed by atoms with E-state index < -0.39 is 5.60 Å². The molecule has 2 aliphatic rings. The molecule has 5 rings (SSSR count). The van der Waals surface area contributed by atoms with Gasteiger partial charge in [0.25, 0.3) is 0 Å². The molecule has 3 heterocycles. The highest BCUT2D eigenvalue weighted by Crippen LogP contribution is 2.39. The predicted molar refractivity (Wildman–Crippen MR) is 134 cm³/mol. The molecule has 6 heteroatoms. The highest BCUT2D eigenvalue weighted by molar-refractivity contribution is 6.30. The molecule has 1 aromatic heterocycles. The van der Waals surface area contributed by atoms with Crippen LogP contribution in [0.1, 0.15) is 41.5 Å². The van der Waals surface area contributed by atoms with Gasteiger partial charge in [0.15, 0.2) is 0 Å². The Kier molecular flexibility index (Phi) is 6.70. The van der Waals surface area contributed by atoms with E-state index in [0.717, 1.165) is 59.6 Å². The number of aliphatic hydroxyl groups excluding tert-OH is 1. The zero-order valence-corrected chi connectivity index (χ0v) is 19.8. The number of hydrogen-bond acceptors (Lipinski definition) is 5. The summed E-state index contributed by atoms with van der Waals surface area (Å²) in [5.74, 6) is 1.36. The van der Waals surface area contributed by atoms with Gasteiger partial charge in [-0.05, 0) is 66.3 Å². The zero-order valence-electron chi connectivity index (χ0n) is 19.1. The van der Waals surface area contributed by atoms with Crippen molar-refractivity contribution >= 4 is 17.2 Å². The number of nitrogens with zero attached hydrogens (tertiary/aromatic N) is 2. The van der Waals surface area contributed by atoms with Crippen molar-refractivity contribution in [1.29, 1.82) is 0 Å². The summed E-state index contributed by atoms with van der Waals surface area (Å²) in [4.78, 5) is 6.87. The molecule has 5 nitrogen and oxygen atoms in total. The second-order valence-corrected chi connectivity index (χ2v) is 9.52. The first-order valence-electron chi connectivity index (χ1n) is 11.8. The normalized spacial score (nSPS) is 18.6. The van der Waals surface area contributed by atoms with Crippen molar-refractivity contribution in [2.45, 2.75) is 37.9 Å². The number of ether oxygens (including phenoxy) is 1. The largest absolute Gasteiger partial charge is 0.438 e. The molecule has 0 aliphatic carbocycles. The van der Waals surface area contributed by atoms with Crippen LogP contribution in [-0.4, -0.2) is 39.7 Å². The molecular weight excluding hydrogens is 448 g/mol. The average Bonchev–Trinajstić information content (AvgIpc) is 3.02. The summed E-state index contributed by atoms with van der Waals surface area (Å²) < 4.78 is 6.13. The van der Waals surface area contributed by atoms with Gasteiger partial charge >= 0.3 is 0 Å². The summed E-state index contributed by atoms with van der Waals surface area (Å²) in [7, 11) is 0. The van der Waals surface area contributed by atoms with Crippen molar-refractivity contribution in [2.75, 3.05) is 19.6 Å². The van der Waals surface area contributed by atoms with Gasteiger partial charge in [-0.3, -0.25) is 0 Å². The van der Waals surface area contributed by atoms with Gasteiger partial charge in [0.1, 0.15) is 5.75 Å².